The van der Waals surface area contributed by atoms with Gasteiger partial charge in [0.05, 0.1) is 18.5 Å². The van der Waals surface area contributed by atoms with Gasteiger partial charge in [0.1, 0.15) is 0 Å². The van der Waals surface area contributed by atoms with Crippen LogP contribution in [0.4, 0.5) is 18.9 Å². The van der Waals surface area contributed by atoms with E-state index in [2.05, 4.69) is 10.6 Å². The quantitative estimate of drug-likeness (QED) is 0.645. The van der Waals surface area contributed by atoms with Crippen LogP contribution in [0.15, 0.2) is 34.9 Å². The Morgan fingerprint density at radius 3 is 2.42 bits per heavy atom. The number of rotatable bonds is 7. The first-order chi connectivity index (χ1) is 12.4. The van der Waals surface area contributed by atoms with Gasteiger partial charge in [0.15, 0.2) is 23.2 Å². The van der Waals surface area contributed by atoms with Gasteiger partial charge in [-0.15, -0.1) is 0 Å². The van der Waals surface area contributed by atoms with Gasteiger partial charge in [-0.3, -0.25) is 14.4 Å². The van der Waals surface area contributed by atoms with E-state index in [1.54, 1.807) is 0 Å². The Balaban J connectivity index is 1.71. The van der Waals surface area contributed by atoms with E-state index >= 15 is 0 Å². The summed E-state index contributed by atoms with van der Waals surface area (Å²) in [5.74, 6) is -6.41. The summed E-state index contributed by atoms with van der Waals surface area (Å²) in [6.45, 7) is -0.506. The molecule has 2 aromatic rings. The van der Waals surface area contributed by atoms with Crippen molar-refractivity contribution in [1.29, 1.82) is 0 Å². The molecule has 0 aliphatic carbocycles. The molecule has 26 heavy (non-hydrogen) atoms. The summed E-state index contributed by atoms with van der Waals surface area (Å²) in [4.78, 5) is 34.7. The fourth-order valence-electron chi connectivity index (χ4n) is 1.87. The molecule has 0 atom stereocenters. The molecule has 0 saturated heterocycles. The SMILES string of the molecule is O=C(CCNC(=O)c1ccco1)NCC(=O)Nc1ccc(F)c(F)c1F. The Labute approximate surface area is 145 Å². The number of nitrogens with one attached hydrogen (secondary N) is 3. The molecule has 1 aromatic heterocycles. The van der Waals surface area contributed by atoms with Gasteiger partial charge in [0.2, 0.25) is 11.8 Å². The molecular weight excluding hydrogens is 355 g/mol. The number of furan rings is 1. The number of hydrogen-bond acceptors (Lipinski definition) is 4. The molecule has 0 aliphatic rings. The van der Waals surface area contributed by atoms with E-state index in [9.17, 15) is 27.6 Å². The number of benzene rings is 1. The van der Waals surface area contributed by atoms with Gasteiger partial charge in [-0.2, -0.15) is 0 Å². The predicted octanol–water partition coefficient (Wildman–Crippen LogP) is 1.57. The largest absolute Gasteiger partial charge is 0.459 e. The summed E-state index contributed by atoms with van der Waals surface area (Å²) in [5.41, 5.74) is -0.547. The first kappa shape index (κ1) is 19.0. The maximum atomic E-state index is 13.4. The van der Waals surface area contributed by atoms with Gasteiger partial charge in [0.25, 0.3) is 5.91 Å². The van der Waals surface area contributed by atoms with Gasteiger partial charge in [-0.1, -0.05) is 0 Å². The van der Waals surface area contributed by atoms with Crippen LogP contribution in [0.2, 0.25) is 0 Å². The third kappa shape index (κ3) is 5.10. The number of hydrogen-bond donors (Lipinski definition) is 3. The highest BCUT2D eigenvalue weighted by Gasteiger charge is 2.15. The van der Waals surface area contributed by atoms with Crippen molar-refractivity contribution >= 4 is 23.4 Å². The van der Waals surface area contributed by atoms with Gasteiger partial charge in [0, 0.05) is 13.0 Å². The summed E-state index contributed by atoms with van der Waals surface area (Å²) < 4.78 is 44.1. The van der Waals surface area contributed by atoms with E-state index in [4.69, 9.17) is 4.42 Å². The van der Waals surface area contributed by atoms with Crippen molar-refractivity contribution in [1.82, 2.24) is 10.6 Å². The molecule has 1 heterocycles. The minimum Gasteiger partial charge on any atom is -0.459 e. The number of carbonyl (C=O) groups excluding carboxylic acids is 3. The van der Waals surface area contributed by atoms with Crippen molar-refractivity contribution in [2.45, 2.75) is 6.42 Å². The number of carbonyl (C=O) groups is 3. The van der Waals surface area contributed by atoms with Crippen LogP contribution in [0.5, 0.6) is 0 Å². The Bertz CT molecular complexity index is 809. The normalized spacial score (nSPS) is 10.3. The maximum Gasteiger partial charge on any atom is 0.286 e. The lowest BCUT2D eigenvalue weighted by Gasteiger charge is -2.08. The summed E-state index contributed by atoms with van der Waals surface area (Å²) in [5, 5.41) is 6.69. The van der Waals surface area contributed by atoms with Gasteiger partial charge < -0.3 is 20.4 Å². The van der Waals surface area contributed by atoms with Gasteiger partial charge in [-0.05, 0) is 24.3 Å². The van der Waals surface area contributed by atoms with E-state index in [0.717, 1.165) is 6.07 Å². The summed E-state index contributed by atoms with van der Waals surface area (Å²) in [7, 11) is 0. The number of halogens is 3. The van der Waals surface area contributed by atoms with Crippen molar-refractivity contribution in [2.24, 2.45) is 0 Å². The van der Waals surface area contributed by atoms with Crippen LogP contribution < -0.4 is 16.0 Å². The second-order valence-electron chi connectivity index (χ2n) is 5.03. The maximum absolute atomic E-state index is 13.4. The molecule has 7 nitrogen and oxygen atoms in total. The first-order valence-corrected chi connectivity index (χ1v) is 7.40. The molecule has 0 unspecified atom stereocenters. The molecule has 3 N–H and O–H groups in total. The first-order valence-electron chi connectivity index (χ1n) is 7.40. The molecule has 0 aliphatic heterocycles. The summed E-state index contributed by atoms with van der Waals surface area (Å²) in [6, 6.07) is 4.51. The van der Waals surface area contributed by atoms with Crippen molar-refractivity contribution in [2.75, 3.05) is 18.4 Å². The van der Waals surface area contributed by atoms with E-state index in [1.165, 1.54) is 18.4 Å². The molecule has 0 radical (unpaired) electrons. The molecule has 1 aromatic carbocycles. The zero-order chi connectivity index (χ0) is 19.1. The Hall–Kier alpha value is -3.30. The van der Waals surface area contributed by atoms with Crippen LogP contribution in [0.1, 0.15) is 17.0 Å². The fraction of sp³-hybridized carbons (Fsp3) is 0.188. The standard InChI is InChI=1S/C16H14F3N3O4/c17-9-3-4-10(15(19)14(9)18)22-13(24)8-21-12(23)5-6-20-16(25)11-2-1-7-26-11/h1-4,7H,5-6,8H2,(H,20,25)(H,21,23)(H,22,24). The van der Waals surface area contributed by atoms with Crippen LogP contribution in [0.25, 0.3) is 0 Å². The Morgan fingerprint density at radius 2 is 1.73 bits per heavy atom. The zero-order valence-electron chi connectivity index (χ0n) is 13.3. The highest BCUT2D eigenvalue weighted by molar-refractivity contribution is 5.95. The Kier molecular flexibility index (Phi) is 6.36. The monoisotopic (exact) mass is 369 g/mol. The van der Waals surface area contributed by atoms with Crippen LogP contribution in [-0.2, 0) is 9.59 Å². The van der Waals surface area contributed by atoms with Crippen molar-refractivity contribution in [3.05, 3.63) is 53.7 Å². The molecule has 3 amide bonds. The summed E-state index contributed by atoms with van der Waals surface area (Å²) in [6.07, 6.45) is 1.22. The van der Waals surface area contributed by atoms with Crippen LogP contribution in [-0.4, -0.2) is 30.8 Å². The molecule has 0 saturated carbocycles. The van der Waals surface area contributed by atoms with E-state index < -0.39 is 47.4 Å². The highest BCUT2D eigenvalue weighted by atomic mass is 19.2. The molecule has 2 rings (SSSR count). The second-order valence-corrected chi connectivity index (χ2v) is 5.03. The molecule has 10 heteroatoms. The average molecular weight is 369 g/mol. The number of anilines is 1. The zero-order valence-corrected chi connectivity index (χ0v) is 13.3. The third-order valence-electron chi connectivity index (χ3n) is 3.14. The third-order valence-corrected chi connectivity index (χ3v) is 3.14. The van der Waals surface area contributed by atoms with Crippen molar-refractivity contribution < 1.29 is 32.0 Å². The minimum absolute atomic E-state index is 0.00475. The molecule has 138 valence electrons. The average Bonchev–Trinajstić information content (AvgIpc) is 3.15. The second kappa shape index (κ2) is 8.70. The topological polar surface area (TPSA) is 100 Å². The summed E-state index contributed by atoms with van der Waals surface area (Å²) >= 11 is 0. The Morgan fingerprint density at radius 1 is 0.962 bits per heavy atom. The lowest BCUT2D eigenvalue weighted by molar-refractivity contribution is -0.124. The lowest BCUT2D eigenvalue weighted by atomic mass is 10.2. The lowest BCUT2D eigenvalue weighted by Crippen LogP contribution is -2.35. The smallest absolute Gasteiger partial charge is 0.286 e. The van der Waals surface area contributed by atoms with E-state index in [-0.39, 0.29) is 18.7 Å². The number of amides is 3. The minimum atomic E-state index is -1.71. The van der Waals surface area contributed by atoms with Crippen LogP contribution >= 0.6 is 0 Å². The van der Waals surface area contributed by atoms with Crippen LogP contribution in [0, 0.1) is 17.5 Å². The molecule has 0 fully saturated rings. The van der Waals surface area contributed by atoms with Crippen molar-refractivity contribution in [3.8, 4) is 0 Å². The van der Waals surface area contributed by atoms with Gasteiger partial charge >= 0.3 is 0 Å². The predicted molar refractivity (Wildman–Crippen MR) is 83.6 cm³/mol. The molecule has 0 spiro atoms. The van der Waals surface area contributed by atoms with Gasteiger partial charge in [-0.25, -0.2) is 13.2 Å². The molecule has 0 bridgehead atoms. The van der Waals surface area contributed by atoms with E-state index in [0.29, 0.717) is 6.07 Å². The van der Waals surface area contributed by atoms with Crippen molar-refractivity contribution in [3.63, 3.8) is 0 Å². The highest BCUT2D eigenvalue weighted by Crippen LogP contribution is 2.19. The van der Waals surface area contributed by atoms with E-state index in [1.807, 2.05) is 5.32 Å². The molecular formula is C16H14F3N3O4. The van der Waals surface area contributed by atoms with Crippen LogP contribution in [0.3, 0.4) is 0 Å². The fourth-order valence-corrected chi connectivity index (χ4v) is 1.87.